The molecule has 3 nitrogen and oxygen atoms in total. The lowest BCUT2D eigenvalue weighted by Gasteiger charge is -2.03. The fourth-order valence-corrected chi connectivity index (χ4v) is 3.29. The smallest absolute Gasteiger partial charge is 0.123 e. The molecule has 1 aromatic heterocycles. The van der Waals surface area contributed by atoms with Crippen molar-refractivity contribution in [2.45, 2.75) is 25.5 Å². The van der Waals surface area contributed by atoms with Crippen molar-refractivity contribution in [2.24, 2.45) is 5.73 Å². The standard InChI is InChI=1S/C14H16N2OS/c15-9-12-13(10-5-2-1-3-6-10)16-14(18-12)11-7-4-8-17-11/h1-3,5-6,11H,4,7-9,15H2. The summed E-state index contributed by atoms with van der Waals surface area (Å²) >= 11 is 1.69. The minimum atomic E-state index is 0.178. The Morgan fingerprint density at radius 3 is 2.83 bits per heavy atom. The maximum atomic E-state index is 5.83. The van der Waals surface area contributed by atoms with E-state index in [0.717, 1.165) is 40.6 Å². The van der Waals surface area contributed by atoms with Gasteiger partial charge in [0.05, 0.1) is 5.69 Å². The van der Waals surface area contributed by atoms with Crippen LogP contribution in [0.1, 0.15) is 28.8 Å². The van der Waals surface area contributed by atoms with Gasteiger partial charge in [0, 0.05) is 23.6 Å². The van der Waals surface area contributed by atoms with E-state index in [2.05, 4.69) is 12.1 Å². The van der Waals surface area contributed by atoms with Crippen LogP contribution in [0.15, 0.2) is 30.3 Å². The zero-order valence-corrected chi connectivity index (χ0v) is 11.0. The summed E-state index contributed by atoms with van der Waals surface area (Å²) in [5.74, 6) is 0. The summed E-state index contributed by atoms with van der Waals surface area (Å²) in [4.78, 5) is 5.89. The molecular formula is C14H16N2OS. The average molecular weight is 260 g/mol. The predicted molar refractivity (Wildman–Crippen MR) is 73.4 cm³/mol. The Labute approximate surface area is 111 Å². The first-order valence-electron chi connectivity index (χ1n) is 6.25. The lowest BCUT2D eigenvalue weighted by atomic mass is 10.1. The largest absolute Gasteiger partial charge is 0.371 e. The first-order valence-corrected chi connectivity index (χ1v) is 7.07. The Morgan fingerprint density at radius 2 is 2.17 bits per heavy atom. The Bertz CT molecular complexity index is 518. The fourth-order valence-electron chi connectivity index (χ4n) is 2.24. The van der Waals surface area contributed by atoms with Crippen molar-refractivity contribution in [1.82, 2.24) is 4.98 Å². The number of benzene rings is 1. The van der Waals surface area contributed by atoms with E-state index in [-0.39, 0.29) is 6.10 Å². The Balaban J connectivity index is 1.98. The minimum absolute atomic E-state index is 0.178. The number of nitrogens with two attached hydrogens (primary N) is 1. The first kappa shape index (κ1) is 11.8. The number of rotatable bonds is 3. The third kappa shape index (κ3) is 2.19. The van der Waals surface area contributed by atoms with Crippen LogP contribution in [0.4, 0.5) is 0 Å². The molecule has 2 aromatic rings. The van der Waals surface area contributed by atoms with Gasteiger partial charge in [-0.15, -0.1) is 11.3 Å². The van der Waals surface area contributed by atoms with Crippen LogP contribution in [0.5, 0.6) is 0 Å². The fraction of sp³-hybridized carbons (Fsp3) is 0.357. The molecule has 0 amide bonds. The highest BCUT2D eigenvalue weighted by atomic mass is 32.1. The summed E-state index contributed by atoms with van der Waals surface area (Å²) in [5.41, 5.74) is 7.99. The van der Waals surface area contributed by atoms with E-state index in [0.29, 0.717) is 6.54 Å². The van der Waals surface area contributed by atoms with Crippen LogP contribution in [0.2, 0.25) is 0 Å². The molecule has 1 aliphatic heterocycles. The van der Waals surface area contributed by atoms with Crippen molar-refractivity contribution in [2.75, 3.05) is 6.61 Å². The van der Waals surface area contributed by atoms with E-state index in [9.17, 15) is 0 Å². The summed E-state index contributed by atoms with van der Waals surface area (Å²) in [5, 5.41) is 1.08. The lowest BCUT2D eigenvalue weighted by molar-refractivity contribution is 0.112. The normalized spacial score (nSPS) is 19.3. The van der Waals surface area contributed by atoms with Crippen molar-refractivity contribution < 1.29 is 4.74 Å². The van der Waals surface area contributed by atoms with Gasteiger partial charge in [-0.1, -0.05) is 30.3 Å². The third-order valence-corrected chi connectivity index (χ3v) is 4.32. The van der Waals surface area contributed by atoms with E-state index in [4.69, 9.17) is 15.5 Å². The van der Waals surface area contributed by atoms with Gasteiger partial charge in [-0.25, -0.2) is 4.98 Å². The van der Waals surface area contributed by atoms with Gasteiger partial charge in [0.1, 0.15) is 11.1 Å². The van der Waals surface area contributed by atoms with Crippen molar-refractivity contribution in [1.29, 1.82) is 0 Å². The van der Waals surface area contributed by atoms with Crippen LogP contribution in [0, 0.1) is 0 Å². The minimum Gasteiger partial charge on any atom is -0.371 e. The quantitative estimate of drug-likeness (QED) is 0.922. The van der Waals surface area contributed by atoms with Crippen molar-refractivity contribution in [3.05, 3.63) is 40.2 Å². The van der Waals surface area contributed by atoms with Crippen LogP contribution >= 0.6 is 11.3 Å². The van der Waals surface area contributed by atoms with Crippen LogP contribution in [-0.4, -0.2) is 11.6 Å². The zero-order chi connectivity index (χ0) is 12.4. The van der Waals surface area contributed by atoms with Gasteiger partial charge in [-0.05, 0) is 12.8 Å². The maximum Gasteiger partial charge on any atom is 0.123 e. The van der Waals surface area contributed by atoms with E-state index < -0.39 is 0 Å². The number of ether oxygens (including phenoxy) is 1. The molecule has 3 rings (SSSR count). The van der Waals surface area contributed by atoms with Gasteiger partial charge in [0.25, 0.3) is 0 Å². The average Bonchev–Trinajstić information content (AvgIpc) is 3.08. The van der Waals surface area contributed by atoms with Crippen LogP contribution < -0.4 is 5.73 Å². The molecular weight excluding hydrogens is 244 g/mol. The van der Waals surface area contributed by atoms with Gasteiger partial charge in [0.2, 0.25) is 0 Å². The first-order chi connectivity index (χ1) is 8.88. The van der Waals surface area contributed by atoms with Crippen LogP contribution in [-0.2, 0) is 11.3 Å². The molecule has 4 heteroatoms. The third-order valence-electron chi connectivity index (χ3n) is 3.15. The van der Waals surface area contributed by atoms with Crippen molar-refractivity contribution in [3.8, 4) is 11.3 Å². The second-order valence-corrected chi connectivity index (χ2v) is 5.51. The second-order valence-electron chi connectivity index (χ2n) is 4.40. The molecule has 1 aromatic carbocycles. The summed E-state index contributed by atoms with van der Waals surface area (Å²) in [6.45, 7) is 1.39. The van der Waals surface area contributed by atoms with E-state index >= 15 is 0 Å². The highest BCUT2D eigenvalue weighted by Crippen LogP contribution is 2.36. The number of thiazole rings is 1. The Morgan fingerprint density at radius 1 is 1.33 bits per heavy atom. The molecule has 1 fully saturated rings. The van der Waals surface area contributed by atoms with E-state index in [1.807, 2.05) is 18.2 Å². The lowest BCUT2D eigenvalue weighted by Crippen LogP contribution is -1.95. The summed E-state index contributed by atoms with van der Waals surface area (Å²) in [7, 11) is 0. The molecule has 0 radical (unpaired) electrons. The molecule has 0 aliphatic carbocycles. The molecule has 0 saturated carbocycles. The molecule has 2 N–H and O–H groups in total. The van der Waals surface area contributed by atoms with E-state index in [1.165, 1.54) is 0 Å². The molecule has 0 bridgehead atoms. The molecule has 0 spiro atoms. The molecule has 94 valence electrons. The number of hydrogen-bond acceptors (Lipinski definition) is 4. The van der Waals surface area contributed by atoms with Gasteiger partial charge < -0.3 is 10.5 Å². The van der Waals surface area contributed by atoms with Gasteiger partial charge >= 0.3 is 0 Å². The molecule has 1 unspecified atom stereocenters. The monoisotopic (exact) mass is 260 g/mol. The zero-order valence-electron chi connectivity index (χ0n) is 10.1. The molecule has 18 heavy (non-hydrogen) atoms. The van der Waals surface area contributed by atoms with Gasteiger partial charge in [-0.2, -0.15) is 0 Å². The predicted octanol–water partition coefficient (Wildman–Crippen LogP) is 3.12. The maximum absolute atomic E-state index is 5.83. The topological polar surface area (TPSA) is 48.1 Å². The molecule has 2 heterocycles. The number of nitrogens with zero attached hydrogens (tertiary/aromatic N) is 1. The summed E-state index contributed by atoms with van der Waals surface area (Å²) in [6.07, 6.45) is 2.38. The highest BCUT2D eigenvalue weighted by Gasteiger charge is 2.23. The molecule has 1 saturated heterocycles. The summed E-state index contributed by atoms with van der Waals surface area (Å²) in [6, 6.07) is 10.2. The summed E-state index contributed by atoms with van der Waals surface area (Å²) < 4.78 is 5.69. The van der Waals surface area contributed by atoms with Crippen LogP contribution in [0.25, 0.3) is 11.3 Å². The second kappa shape index (κ2) is 5.18. The van der Waals surface area contributed by atoms with Crippen LogP contribution in [0.3, 0.4) is 0 Å². The molecule has 1 aliphatic rings. The molecule has 1 atom stereocenters. The number of hydrogen-bond donors (Lipinski definition) is 1. The SMILES string of the molecule is NCc1sc(C2CCCO2)nc1-c1ccccc1. The van der Waals surface area contributed by atoms with Gasteiger partial charge in [-0.3, -0.25) is 0 Å². The van der Waals surface area contributed by atoms with Crippen molar-refractivity contribution >= 4 is 11.3 Å². The Kier molecular flexibility index (Phi) is 3.41. The number of aromatic nitrogens is 1. The Hall–Kier alpha value is -1.23. The van der Waals surface area contributed by atoms with Crippen molar-refractivity contribution in [3.63, 3.8) is 0 Å². The highest BCUT2D eigenvalue weighted by molar-refractivity contribution is 7.12. The van der Waals surface area contributed by atoms with E-state index in [1.54, 1.807) is 11.3 Å². The van der Waals surface area contributed by atoms with Gasteiger partial charge in [0.15, 0.2) is 0 Å².